The third kappa shape index (κ3) is 5.18. The molecule has 1 aliphatic rings. The van der Waals surface area contributed by atoms with Crippen LogP contribution >= 0.6 is 0 Å². The van der Waals surface area contributed by atoms with Crippen LogP contribution in [0.15, 0.2) is 48.5 Å². The van der Waals surface area contributed by atoms with E-state index in [-0.39, 0.29) is 0 Å². The first-order valence-corrected chi connectivity index (χ1v) is 7.74. The minimum absolute atomic E-state index is 0.982. The average molecular weight is 339 g/mol. The van der Waals surface area contributed by atoms with Crippen molar-refractivity contribution in [1.82, 2.24) is 0 Å². The molecule has 2 aromatic rings. The lowest BCUT2D eigenvalue weighted by Crippen LogP contribution is -2.25. The van der Waals surface area contributed by atoms with Crippen LogP contribution in [0.4, 0.5) is 28.6 Å². The molecule has 1 saturated heterocycles. The van der Waals surface area contributed by atoms with E-state index in [1.54, 1.807) is 0 Å². The molecular weight excluding hydrogens is 319 g/mol. The summed E-state index contributed by atoms with van der Waals surface area (Å²) in [6, 6.07) is 17.3. The van der Waals surface area contributed by atoms with E-state index in [4.69, 9.17) is 0 Å². The van der Waals surface area contributed by atoms with E-state index in [1.165, 1.54) is 22.5 Å². The molecule has 24 heavy (non-hydrogen) atoms. The summed E-state index contributed by atoms with van der Waals surface area (Å²) in [6.07, 6.45) is 0. The van der Waals surface area contributed by atoms with Gasteiger partial charge in [-0.3, -0.25) is 0 Å². The second-order valence-electron chi connectivity index (χ2n) is 5.74. The van der Waals surface area contributed by atoms with Crippen LogP contribution < -0.4 is 9.80 Å². The van der Waals surface area contributed by atoms with E-state index < -0.39 is 7.25 Å². The van der Waals surface area contributed by atoms with Crippen molar-refractivity contribution in [2.75, 3.05) is 29.6 Å². The average Bonchev–Trinajstić information content (AvgIpc) is 2.96. The highest BCUT2D eigenvalue weighted by Crippen LogP contribution is 2.27. The van der Waals surface area contributed by atoms with Crippen molar-refractivity contribution in [2.24, 2.45) is 0 Å². The fraction of sp³-hybridized carbons (Fsp3) is 0.294. The molecule has 0 spiro atoms. The van der Waals surface area contributed by atoms with E-state index in [2.05, 4.69) is 72.2 Å². The Kier molecular flexibility index (Phi) is 5.75. The van der Waals surface area contributed by atoms with E-state index in [0.717, 1.165) is 19.8 Å². The topological polar surface area (TPSA) is 6.48 Å². The summed E-state index contributed by atoms with van der Waals surface area (Å²) in [7, 11) is -6.00. The van der Waals surface area contributed by atoms with E-state index >= 15 is 0 Å². The van der Waals surface area contributed by atoms with Gasteiger partial charge >= 0.3 is 7.25 Å². The molecule has 0 aliphatic carbocycles. The second kappa shape index (κ2) is 7.60. The lowest BCUT2D eigenvalue weighted by atomic mass is 10.2. The van der Waals surface area contributed by atoms with Crippen LogP contribution in [-0.4, -0.2) is 27.0 Å². The van der Waals surface area contributed by atoms with Gasteiger partial charge in [-0.05, 0) is 37.1 Å². The van der Waals surface area contributed by atoms with Gasteiger partial charge in [-0.2, -0.15) is 0 Å². The molecule has 3 rings (SSSR count). The van der Waals surface area contributed by atoms with Crippen molar-refractivity contribution in [1.29, 1.82) is 0 Å². The number of hydrogen-bond donors (Lipinski definition) is 0. The maximum absolute atomic E-state index is 9.75. The van der Waals surface area contributed by atoms with Gasteiger partial charge in [0.05, 0.1) is 6.67 Å². The van der Waals surface area contributed by atoms with Gasteiger partial charge in [0.25, 0.3) is 0 Å². The summed E-state index contributed by atoms with van der Waals surface area (Å²) in [5.74, 6) is 0. The number of aryl methyl sites for hydroxylation is 2. The highest BCUT2D eigenvalue weighted by molar-refractivity contribution is 6.50. The molecule has 0 unspecified atom stereocenters. The maximum Gasteiger partial charge on any atom is 0.673 e. The molecule has 0 bridgehead atoms. The summed E-state index contributed by atoms with van der Waals surface area (Å²) >= 11 is 0. The molecule has 2 nitrogen and oxygen atoms in total. The zero-order chi connectivity index (χ0) is 17.7. The molecule has 0 aromatic heterocycles. The number of benzene rings is 2. The summed E-state index contributed by atoms with van der Waals surface area (Å²) < 4.78 is 39.0. The van der Waals surface area contributed by atoms with Gasteiger partial charge in [0, 0.05) is 24.5 Å². The Morgan fingerprint density at radius 2 is 1.04 bits per heavy atom. The summed E-state index contributed by atoms with van der Waals surface area (Å²) in [6.45, 7) is 7.55. The number of para-hydroxylation sites is 2. The number of anilines is 2. The first-order valence-electron chi connectivity index (χ1n) is 7.74. The van der Waals surface area contributed by atoms with Gasteiger partial charge in [0.1, 0.15) is 0 Å². The van der Waals surface area contributed by atoms with Gasteiger partial charge in [-0.1, -0.05) is 36.4 Å². The molecule has 0 radical (unpaired) electrons. The van der Waals surface area contributed by atoms with Crippen LogP contribution in [0.2, 0.25) is 0 Å². The van der Waals surface area contributed by atoms with Gasteiger partial charge in [-0.15, -0.1) is 0 Å². The van der Waals surface area contributed by atoms with Crippen LogP contribution in [0.1, 0.15) is 11.1 Å². The fourth-order valence-electron chi connectivity index (χ4n) is 2.82. The van der Waals surface area contributed by atoms with Crippen molar-refractivity contribution < 1.29 is 17.3 Å². The monoisotopic (exact) mass is 339 g/mol. The minimum atomic E-state index is -6.00. The number of nitrogens with zero attached hydrogens (tertiary/aromatic N) is 2. The minimum Gasteiger partial charge on any atom is -0.418 e. The molecule has 0 amide bonds. The lowest BCUT2D eigenvalue weighted by Gasteiger charge is -2.23. The zero-order valence-electron chi connectivity index (χ0n) is 13.7. The molecule has 1 heterocycles. The first kappa shape index (κ1) is 18.2. The Morgan fingerprint density at radius 1 is 0.708 bits per heavy atom. The van der Waals surface area contributed by atoms with Crippen molar-refractivity contribution in [3.8, 4) is 0 Å². The van der Waals surface area contributed by atoms with Gasteiger partial charge < -0.3 is 27.1 Å². The van der Waals surface area contributed by atoms with Crippen molar-refractivity contribution >= 4 is 18.6 Å². The second-order valence-corrected chi connectivity index (χ2v) is 5.74. The SMILES string of the molecule is Cc1ccccc1N1CCN(c2ccccc2C)C1.F[B-](F)(F)F. The molecule has 7 heteroatoms. The largest absolute Gasteiger partial charge is 0.673 e. The molecule has 2 aromatic carbocycles. The Balaban J connectivity index is 0.000000368. The van der Waals surface area contributed by atoms with E-state index in [9.17, 15) is 17.3 Å². The van der Waals surface area contributed by atoms with Crippen LogP contribution in [0.3, 0.4) is 0 Å². The summed E-state index contributed by atoms with van der Waals surface area (Å²) in [4.78, 5) is 4.92. The third-order valence-electron chi connectivity index (χ3n) is 3.89. The quantitative estimate of drug-likeness (QED) is 0.568. The van der Waals surface area contributed by atoms with E-state index in [0.29, 0.717) is 0 Å². The highest BCUT2D eigenvalue weighted by atomic mass is 19.5. The normalized spacial score (nSPS) is 14.4. The van der Waals surface area contributed by atoms with Gasteiger partial charge in [0.15, 0.2) is 0 Å². The molecule has 0 saturated carbocycles. The Bertz CT molecular complexity index is 618. The van der Waals surface area contributed by atoms with Gasteiger partial charge in [0.2, 0.25) is 0 Å². The predicted molar refractivity (Wildman–Crippen MR) is 92.1 cm³/mol. The zero-order valence-corrected chi connectivity index (χ0v) is 13.7. The molecule has 130 valence electrons. The Hall–Kier alpha value is -2.18. The van der Waals surface area contributed by atoms with Crippen LogP contribution in [0.25, 0.3) is 0 Å². The van der Waals surface area contributed by atoms with Crippen molar-refractivity contribution in [3.63, 3.8) is 0 Å². The summed E-state index contributed by atoms with van der Waals surface area (Å²) in [5.41, 5.74) is 5.43. The van der Waals surface area contributed by atoms with Crippen LogP contribution in [0, 0.1) is 13.8 Å². The predicted octanol–water partition coefficient (Wildman–Crippen LogP) is 4.89. The number of hydrogen-bond acceptors (Lipinski definition) is 2. The first-order chi connectivity index (χ1) is 11.3. The maximum atomic E-state index is 9.75. The van der Waals surface area contributed by atoms with E-state index in [1.807, 2.05) is 0 Å². The summed E-state index contributed by atoms with van der Waals surface area (Å²) in [5, 5.41) is 0. The number of halogens is 4. The molecule has 1 fully saturated rings. The molecule has 0 N–H and O–H groups in total. The number of rotatable bonds is 2. The van der Waals surface area contributed by atoms with Crippen molar-refractivity contribution in [3.05, 3.63) is 59.7 Å². The van der Waals surface area contributed by atoms with Crippen LogP contribution in [-0.2, 0) is 0 Å². The Labute approximate surface area is 139 Å². The van der Waals surface area contributed by atoms with Crippen LogP contribution in [0.5, 0.6) is 0 Å². The van der Waals surface area contributed by atoms with Gasteiger partial charge in [-0.25, -0.2) is 0 Å². The van der Waals surface area contributed by atoms with Crippen molar-refractivity contribution in [2.45, 2.75) is 13.8 Å². The highest BCUT2D eigenvalue weighted by Gasteiger charge is 2.22. The standard InChI is InChI=1S/C17H20N2.BF4/c1-14-7-3-5-9-16(14)18-11-12-19(13-18)17-10-6-4-8-15(17)2;2-1(3,4)5/h3-10H,11-13H2,1-2H3;/q;-1. The third-order valence-corrected chi connectivity index (χ3v) is 3.89. The molecular formula is C17H20BF4N2-. The Morgan fingerprint density at radius 3 is 1.38 bits per heavy atom. The lowest BCUT2D eigenvalue weighted by molar-refractivity contribution is 0.368. The molecule has 0 atom stereocenters. The molecule has 1 aliphatic heterocycles. The fourth-order valence-corrected chi connectivity index (χ4v) is 2.82. The smallest absolute Gasteiger partial charge is 0.418 e.